The molecule has 1 aliphatic heterocycles. The third-order valence-corrected chi connectivity index (χ3v) is 7.21. The number of carbonyl (C=O) groups excluding carboxylic acids is 1. The quantitative estimate of drug-likeness (QED) is 0.682. The highest BCUT2D eigenvalue weighted by Crippen LogP contribution is 2.42. The SMILES string of the molecule is O=C(c1cc2c(s1)-c1ccsc1CC2)N1CCN(c2ncccn2)CC1. The molecule has 132 valence electrons. The van der Waals surface area contributed by atoms with E-state index in [1.807, 2.05) is 22.3 Å². The largest absolute Gasteiger partial charge is 0.337 e. The molecule has 1 amide bonds. The number of aryl methyl sites for hydroxylation is 2. The van der Waals surface area contributed by atoms with Crippen molar-refractivity contribution < 1.29 is 4.79 Å². The minimum absolute atomic E-state index is 0.162. The van der Waals surface area contributed by atoms with Crippen LogP contribution in [0.25, 0.3) is 10.4 Å². The molecule has 5 nitrogen and oxygen atoms in total. The summed E-state index contributed by atoms with van der Waals surface area (Å²) in [6, 6.07) is 6.14. The van der Waals surface area contributed by atoms with E-state index in [2.05, 4.69) is 32.4 Å². The van der Waals surface area contributed by atoms with Crippen molar-refractivity contribution in [1.29, 1.82) is 0 Å². The Kier molecular flexibility index (Phi) is 3.98. The van der Waals surface area contributed by atoms with Gasteiger partial charge in [0.05, 0.1) is 4.88 Å². The summed E-state index contributed by atoms with van der Waals surface area (Å²) in [5.41, 5.74) is 2.67. The summed E-state index contributed by atoms with van der Waals surface area (Å²) in [5.74, 6) is 0.908. The van der Waals surface area contributed by atoms with Gasteiger partial charge in [0.1, 0.15) is 0 Å². The van der Waals surface area contributed by atoms with Crippen molar-refractivity contribution >= 4 is 34.5 Å². The number of fused-ring (bicyclic) bond motifs is 3. The molecular formula is C19H18N4OS2. The van der Waals surface area contributed by atoms with Crippen LogP contribution in [0.2, 0.25) is 0 Å². The van der Waals surface area contributed by atoms with Gasteiger partial charge in [0.25, 0.3) is 5.91 Å². The van der Waals surface area contributed by atoms with Gasteiger partial charge < -0.3 is 9.80 Å². The minimum atomic E-state index is 0.162. The summed E-state index contributed by atoms with van der Waals surface area (Å²) in [5, 5.41) is 2.16. The van der Waals surface area contributed by atoms with Crippen LogP contribution in [0.15, 0.2) is 36.0 Å². The lowest BCUT2D eigenvalue weighted by Gasteiger charge is -2.34. The molecule has 3 aromatic rings. The fourth-order valence-electron chi connectivity index (χ4n) is 3.65. The number of rotatable bonds is 2. The van der Waals surface area contributed by atoms with Crippen LogP contribution in [0, 0.1) is 0 Å². The lowest BCUT2D eigenvalue weighted by molar-refractivity contribution is 0.0751. The highest BCUT2D eigenvalue weighted by molar-refractivity contribution is 7.18. The van der Waals surface area contributed by atoms with Crippen LogP contribution in [0.3, 0.4) is 0 Å². The number of hydrogen-bond acceptors (Lipinski definition) is 6. The van der Waals surface area contributed by atoms with E-state index in [9.17, 15) is 4.79 Å². The lowest BCUT2D eigenvalue weighted by atomic mass is 9.98. The van der Waals surface area contributed by atoms with Crippen LogP contribution in [-0.2, 0) is 12.8 Å². The topological polar surface area (TPSA) is 49.3 Å². The molecule has 0 atom stereocenters. The summed E-state index contributed by atoms with van der Waals surface area (Å²) in [4.78, 5) is 29.3. The summed E-state index contributed by atoms with van der Waals surface area (Å²) in [6.07, 6.45) is 5.66. The summed E-state index contributed by atoms with van der Waals surface area (Å²) in [7, 11) is 0. The lowest BCUT2D eigenvalue weighted by Crippen LogP contribution is -2.49. The molecule has 1 aliphatic carbocycles. The first-order valence-corrected chi connectivity index (χ1v) is 10.5. The Morgan fingerprint density at radius 2 is 1.88 bits per heavy atom. The Bertz CT molecular complexity index is 942. The molecule has 1 saturated heterocycles. The van der Waals surface area contributed by atoms with Crippen LogP contribution >= 0.6 is 22.7 Å². The molecule has 0 unspecified atom stereocenters. The van der Waals surface area contributed by atoms with Gasteiger partial charge in [0.15, 0.2) is 0 Å². The Labute approximate surface area is 159 Å². The van der Waals surface area contributed by atoms with Gasteiger partial charge in [-0.25, -0.2) is 9.97 Å². The van der Waals surface area contributed by atoms with E-state index in [1.54, 1.807) is 23.7 Å². The second-order valence-corrected chi connectivity index (χ2v) is 8.60. The van der Waals surface area contributed by atoms with E-state index in [4.69, 9.17) is 0 Å². The van der Waals surface area contributed by atoms with E-state index >= 15 is 0 Å². The van der Waals surface area contributed by atoms with Crippen LogP contribution in [0.1, 0.15) is 20.1 Å². The second-order valence-electron chi connectivity index (χ2n) is 6.55. The van der Waals surface area contributed by atoms with Crippen molar-refractivity contribution in [3.05, 3.63) is 51.3 Å². The van der Waals surface area contributed by atoms with Crippen molar-refractivity contribution in [3.8, 4) is 10.4 Å². The second kappa shape index (κ2) is 6.48. The first-order valence-electron chi connectivity index (χ1n) is 8.80. The van der Waals surface area contributed by atoms with Gasteiger partial charge in [-0.3, -0.25) is 4.79 Å². The van der Waals surface area contributed by atoms with E-state index in [0.717, 1.165) is 36.8 Å². The van der Waals surface area contributed by atoms with Gasteiger partial charge in [-0.05, 0) is 42.0 Å². The third-order valence-electron chi connectivity index (χ3n) is 5.03. The van der Waals surface area contributed by atoms with Gasteiger partial charge >= 0.3 is 0 Å². The third kappa shape index (κ3) is 2.71. The van der Waals surface area contributed by atoms with Gasteiger partial charge in [0, 0.05) is 53.9 Å². The number of thiophene rings is 2. The van der Waals surface area contributed by atoms with E-state index < -0.39 is 0 Å². The monoisotopic (exact) mass is 382 g/mol. The van der Waals surface area contributed by atoms with Crippen molar-refractivity contribution in [3.63, 3.8) is 0 Å². The number of nitrogens with zero attached hydrogens (tertiary/aromatic N) is 4. The maximum Gasteiger partial charge on any atom is 0.264 e. The first-order chi connectivity index (χ1) is 12.8. The van der Waals surface area contributed by atoms with Gasteiger partial charge in [-0.1, -0.05) is 0 Å². The van der Waals surface area contributed by atoms with Crippen molar-refractivity contribution in [2.24, 2.45) is 0 Å². The molecule has 3 aromatic heterocycles. The van der Waals surface area contributed by atoms with Crippen LogP contribution in [0.4, 0.5) is 5.95 Å². The number of carbonyl (C=O) groups is 1. The average Bonchev–Trinajstić information content (AvgIpc) is 3.34. The van der Waals surface area contributed by atoms with Crippen LogP contribution < -0.4 is 4.90 Å². The number of amides is 1. The van der Waals surface area contributed by atoms with E-state index in [1.165, 1.54) is 20.9 Å². The molecule has 5 rings (SSSR count). The zero-order valence-corrected chi connectivity index (χ0v) is 15.9. The Balaban J connectivity index is 1.32. The zero-order valence-electron chi connectivity index (χ0n) is 14.2. The average molecular weight is 383 g/mol. The number of hydrogen-bond donors (Lipinski definition) is 0. The predicted molar refractivity (Wildman–Crippen MR) is 105 cm³/mol. The van der Waals surface area contributed by atoms with Gasteiger partial charge in [0.2, 0.25) is 5.95 Å². The fraction of sp³-hybridized carbons (Fsp3) is 0.316. The van der Waals surface area contributed by atoms with Crippen LogP contribution in [-0.4, -0.2) is 47.0 Å². The highest BCUT2D eigenvalue weighted by Gasteiger charge is 2.27. The number of piperazine rings is 1. The van der Waals surface area contributed by atoms with Crippen molar-refractivity contribution in [2.75, 3.05) is 31.1 Å². The standard InChI is InChI=1S/C19H18N4OS2/c24-18(22-7-9-23(10-8-22)19-20-5-1-6-21-19)16-12-13-2-3-15-14(4-11-25-15)17(13)26-16/h1,4-6,11-12H,2-3,7-10H2. The molecule has 0 bridgehead atoms. The molecule has 0 N–H and O–H groups in total. The first kappa shape index (κ1) is 16.0. The predicted octanol–water partition coefficient (Wildman–Crippen LogP) is 3.33. The summed E-state index contributed by atoms with van der Waals surface area (Å²) >= 11 is 3.49. The number of aromatic nitrogens is 2. The molecule has 0 saturated carbocycles. The Morgan fingerprint density at radius 3 is 2.69 bits per heavy atom. The molecule has 7 heteroatoms. The molecule has 4 heterocycles. The van der Waals surface area contributed by atoms with E-state index in [-0.39, 0.29) is 5.91 Å². The van der Waals surface area contributed by atoms with Crippen molar-refractivity contribution in [1.82, 2.24) is 14.9 Å². The molecule has 0 radical (unpaired) electrons. The maximum atomic E-state index is 13.0. The zero-order chi connectivity index (χ0) is 17.5. The summed E-state index contributed by atoms with van der Waals surface area (Å²) in [6.45, 7) is 2.97. The maximum absolute atomic E-state index is 13.0. The van der Waals surface area contributed by atoms with E-state index in [0.29, 0.717) is 13.1 Å². The Morgan fingerprint density at radius 1 is 1.08 bits per heavy atom. The fourth-order valence-corrected chi connectivity index (χ4v) is 5.83. The molecule has 26 heavy (non-hydrogen) atoms. The molecule has 0 spiro atoms. The summed E-state index contributed by atoms with van der Waals surface area (Å²) < 4.78 is 0. The Hall–Kier alpha value is -2.25. The minimum Gasteiger partial charge on any atom is -0.337 e. The molecular weight excluding hydrogens is 364 g/mol. The van der Waals surface area contributed by atoms with Gasteiger partial charge in [-0.2, -0.15) is 0 Å². The molecule has 2 aliphatic rings. The number of anilines is 1. The van der Waals surface area contributed by atoms with Gasteiger partial charge in [-0.15, -0.1) is 22.7 Å². The highest BCUT2D eigenvalue weighted by atomic mass is 32.1. The molecule has 1 fully saturated rings. The van der Waals surface area contributed by atoms with Crippen LogP contribution in [0.5, 0.6) is 0 Å². The molecule has 0 aromatic carbocycles. The van der Waals surface area contributed by atoms with Crippen molar-refractivity contribution in [2.45, 2.75) is 12.8 Å². The smallest absolute Gasteiger partial charge is 0.264 e. The normalized spacial score (nSPS) is 16.3.